The Morgan fingerprint density at radius 1 is 1.32 bits per heavy atom. The zero-order valence-electron chi connectivity index (χ0n) is 14.9. The van der Waals surface area contributed by atoms with Gasteiger partial charge in [-0.1, -0.05) is 23.9 Å². The van der Waals surface area contributed by atoms with Gasteiger partial charge in [-0.2, -0.15) is 0 Å². The van der Waals surface area contributed by atoms with Crippen LogP contribution in [0.4, 0.5) is 10.5 Å². The molecule has 1 aromatic heterocycles. The number of ketones is 1. The summed E-state index contributed by atoms with van der Waals surface area (Å²) in [6.45, 7) is 1.75. The number of aromatic nitrogens is 2. The van der Waals surface area contributed by atoms with E-state index in [2.05, 4.69) is 20.8 Å². The van der Waals surface area contributed by atoms with E-state index in [-0.39, 0.29) is 54.0 Å². The maximum absolute atomic E-state index is 12.3. The molecule has 0 saturated carbocycles. The smallest absolute Gasteiger partial charge is 0.324 e. The number of rotatable bonds is 7. The maximum Gasteiger partial charge on any atom is 0.324 e. The number of carbonyl (C=O) groups excluding carboxylic acids is 4. The highest BCUT2D eigenvalue weighted by molar-refractivity contribution is 7.99. The van der Waals surface area contributed by atoms with Crippen LogP contribution >= 0.6 is 11.8 Å². The van der Waals surface area contributed by atoms with Crippen LogP contribution in [-0.2, 0) is 16.1 Å². The Morgan fingerprint density at radius 3 is 2.89 bits per heavy atom. The standard InChI is InChI=1S/C17H17N5O5S/c1-10(23)18-12-4-2-3-11(7-12)13(24)9-28-17-21-20-15(27-17)8-22-6-5-14(25)19-16(22)26/h2-4,7H,5-6,8-9H2,1H3,(H,18,23)(H,19,25,26). The van der Waals surface area contributed by atoms with Crippen molar-refractivity contribution < 1.29 is 23.6 Å². The maximum atomic E-state index is 12.3. The molecule has 0 bridgehead atoms. The fourth-order valence-corrected chi connectivity index (χ4v) is 3.13. The minimum Gasteiger partial charge on any atom is -0.414 e. The SMILES string of the molecule is CC(=O)Nc1cccc(C(=O)CSc2nnc(CN3CCC(=O)NC3=O)o2)c1. The molecule has 2 N–H and O–H groups in total. The van der Waals surface area contributed by atoms with Gasteiger partial charge in [-0.25, -0.2) is 4.79 Å². The Bertz CT molecular complexity index is 928. The molecule has 3 rings (SSSR count). The van der Waals surface area contributed by atoms with Gasteiger partial charge in [0.25, 0.3) is 5.22 Å². The van der Waals surface area contributed by atoms with Gasteiger partial charge in [-0.15, -0.1) is 10.2 Å². The van der Waals surface area contributed by atoms with Gasteiger partial charge in [0.2, 0.25) is 17.7 Å². The van der Waals surface area contributed by atoms with Crippen molar-refractivity contribution in [2.45, 2.75) is 25.1 Å². The Kier molecular flexibility index (Phi) is 6.04. The van der Waals surface area contributed by atoms with Crippen LogP contribution in [0.15, 0.2) is 33.9 Å². The topological polar surface area (TPSA) is 134 Å². The van der Waals surface area contributed by atoms with E-state index in [1.807, 2.05) is 0 Å². The summed E-state index contributed by atoms with van der Waals surface area (Å²) in [6.07, 6.45) is 0.216. The monoisotopic (exact) mass is 403 g/mol. The van der Waals surface area contributed by atoms with Crippen LogP contribution in [0.5, 0.6) is 0 Å². The quantitative estimate of drug-likeness (QED) is 0.524. The van der Waals surface area contributed by atoms with Gasteiger partial charge >= 0.3 is 6.03 Å². The van der Waals surface area contributed by atoms with Crippen LogP contribution in [0.1, 0.15) is 29.6 Å². The number of benzene rings is 1. The van der Waals surface area contributed by atoms with Crippen molar-refractivity contribution in [3.05, 3.63) is 35.7 Å². The van der Waals surface area contributed by atoms with Gasteiger partial charge < -0.3 is 14.6 Å². The van der Waals surface area contributed by atoms with Crippen molar-refractivity contribution >= 4 is 41.1 Å². The third kappa shape index (κ3) is 5.16. The molecule has 1 aliphatic rings. The first-order valence-electron chi connectivity index (χ1n) is 8.35. The number of nitrogens with zero attached hydrogens (tertiary/aromatic N) is 3. The van der Waals surface area contributed by atoms with E-state index in [1.54, 1.807) is 24.3 Å². The third-order valence-electron chi connectivity index (χ3n) is 3.75. The van der Waals surface area contributed by atoms with Crippen LogP contribution in [-0.4, -0.2) is 51.0 Å². The van der Waals surface area contributed by atoms with Crippen molar-refractivity contribution in [3.63, 3.8) is 0 Å². The molecule has 1 aliphatic heterocycles. The molecule has 0 spiro atoms. The van der Waals surface area contributed by atoms with Crippen LogP contribution in [0, 0.1) is 0 Å². The van der Waals surface area contributed by atoms with Crippen LogP contribution in [0.25, 0.3) is 0 Å². The average molecular weight is 403 g/mol. The third-order valence-corrected chi connectivity index (χ3v) is 4.57. The van der Waals surface area contributed by atoms with Crippen molar-refractivity contribution in [2.24, 2.45) is 0 Å². The first kappa shape index (κ1) is 19.5. The summed E-state index contributed by atoms with van der Waals surface area (Å²) < 4.78 is 5.45. The molecule has 0 aliphatic carbocycles. The minimum atomic E-state index is -0.502. The molecule has 2 aromatic rings. The fraction of sp³-hybridized carbons (Fsp3) is 0.294. The molecule has 146 valence electrons. The molecule has 11 heteroatoms. The molecule has 0 unspecified atom stereocenters. The van der Waals surface area contributed by atoms with E-state index < -0.39 is 6.03 Å². The predicted octanol–water partition coefficient (Wildman–Crippen LogP) is 1.44. The summed E-state index contributed by atoms with van der Waals surface area (Å²) in [4.78, 5) is 47.7. The van der Waals surface area contributed by atoms with Crippen molar-refractivity contribution in [3.8, 4) is 0 Å². The molecule has 10 nitrogen and oxygen atoms in total. The molecule has 1 fully saturated rings. The molecule has 4 amide bonds. The second-order valence-corrected chi connectivity index (χ2v) is 6.89. The van der Waals surface area contributed by atoms with E-state index in [0.717, 1.165) is 11.8 Å². The highest BCUT2D eigenvalue weighted by Crippen LogP contribution is 2.20. The summed E-state index contributed by atoms with van der Waals surface area (Å²) in [5, 5.41) is 12.8. The first-order valence-corrected chi connectivity index (χ1v) is 9.34. The molecular weight excluding hydrogens is 386 g/mol. The second kappa shape index (κ2) is 8.65. The summed E-state index contributed by atoms with van der Waals surface area (Å²) in [6, 6.07) is 6.13. The van der Waals surface area contributed by atoms with Crippen molar-refractivity contribution in [1.29, 1.82) is 0 Å². The van der Waals surface area contributed by atoms with E-state index in [0.29, 0.717) is 11.3 Å². The molecule has 0 atom stereocenters. The van der Waals surface area contributed by atoms with Gasteiger partial charge in [-0.05, 0) is 12.1 Å². The van der Waals surface area contributed by atoms with Crippen LogP contribution in [0.2, 0.25) is 0 Å². The van der Waals surface area contributed by atoms with Gasteiger partial charge in [-0.3, -0.25) is 19.7 Å². The molecule has 28 heavy (non-hydrogen) atoms. The van der Waals surface area contributed by atoms with E-state index in [4.69, 9.17) is 4.42 Å². The second-order valence-electron chi connectivity index (χ2n) is 5.96. The number of thioether (sulfide) groups is 1. The molecule has 2 heterocycles. The summed E-state index contributed by atoms with van der Waals surface area (Å²) in [5.74, 6) is -0.407. The molecule has 0 radical (unpaired) electrons. The lowest BCUT2D eigenvalue weighted by Gasteiger charge is -2.24. The lowest BCUT2D eigenvalue weighted by atomic mass is 10.1. The van der Waals surface area contributed by atoms with Gasteiger partial charge in [0.1, 0.15) is 6.54 Å². The zero-order chi connectivity index (χ0) is 20.1. The number of amides is 4. The largest absolute Gasteiger partial charge is 0.414 e. The van der Waals surface area contributed by atoms with E-state index >= 15 is 0 Å². The number of Topliss-reactive ketones (excluding diaryl/α,β-unsaturated/α-hetero) is 1. The van der Waals surface area contributed by atoms with E-state index in [9.17, 15) is 19.2 Å². The number of urea groups is 1. The highest BCUT2D eigenvalue weighted by atomic mass is 32.2. The average Bonchev–Trinajstić information content (AvgIpc) is 3.09. The normalized spacial score (nSPS) is 14.0. The zero-order valence-corrected chi connectivity index (χ0v) is 15.7. The van der Waals surface area contributed by atoms with Crippen LogP contribution < -0.4 is 10.6 Å². The number of anilines is 1. The van der Waals surface area contributed by atoms with E-state index in [1.165, 1.54) is 11.8 Å². The lowest BCUT2D eigenvalue weighted by Crippen LogP contribution is -2.48. The predicted molar refractivity (Wildman–Crippen MR) is 98.7 cm³/mol. The van der Waals surface area contributed by atoms with Crippen molar-refractivity contribution in [2.75, 3.05) is 17.6 Å². The van der Waals surface area contributed by atoms with Gasteiger partial charge in [0.15, 0.2) is 5.78 Å². The number of hydrogen-bond donors (Lipinski definition) is 2. The summed E-state index contributed by atoms with van der Waals surface area (Å²) >= 11 is 1.08. The van der Waals surface area contributed by atoms with Crippen LogP contribution in [0.3, 0.4) is 0 Å². The van der Waals surface area contributed by atoms with Gasteiger partial charge in [0.05, 0.1) is 5.75 Å². The number of carbonyl (C=O) groups is 4. The lowest BCUT2D eigenvalue weighted by molar-refractivity contribution is -0.121. The highest BCUT2D eigenvalue weighted by Gasteiger charge is 2.24. The molecule has 1 aromatic carbocycles. The van der Waals surface area contributed by atoms with Gasteiger partial charge in [0, 0.05) is 31.1 Å². The Hall–Kier alpha value is -3.21. The Balaban J connectivity index is 1.54. The number of imide groups is 1. The number of nitrogens with one attached hydrogen (secondary N) is 2. The summed E-state index contributed by atoms with van der Waals surface area (Å²) in [5.41, 5.74) is 0.995. The fourth-order valence-electron chi connectivity index (χ4n) is 2.46. The first-order chi connectivity index (χ1) is 13.4. The molecule has 1 saturated heterocycles. The molecular formula is C17H17N5O5S. The van der Waals surface area contributed by atoms with Crippen molar-refractivity contribution in [1.82, 2.24) is 20.4 Å². The minimum absolute atomic E-state index is 0.0733. The summed E-state index contributed by atoms with van der Waals surface area (Å²) in [7, 11) is 0. The number of hydrogen-bond acceptors (Lipinski definition) is 8. The Morgan fingerprint density at radius 2 is 2.14 bits per heavy atom. The Labute approximate surface area is 164 Å².